The highest BCUT2D eigenvalue weighted by Crippen LogP contribution is 2.20. The maximum Gasteiger partial charge on any atom is 0.387 e. The van der Waals surface area contributed by atoms with Gasteiger partial charge in [-0.15, -0.1) is 0 Å². The van der Waals surface area contributed by atoms with Crippen molar-refractivity contribution < 1.29 is 23.0 Å². The Morgan fingerprint density at radius 3 is 2.64 bits per heavy atom. The lowest BCUT2D eigenvalue weighted by Gasteiger charge is -2.35. The minimum atomic E-state index is -2.89. The fourth-order valence-electron chi connectivity index (χ4n) is 2.49. The van der Waals surface area contributed by atoms with Gasteiger partial charge in [0.25, 0.3) is 0 Å². The molecule has 1 aliphatic rings. The van der Waals surface area contributed by atoms with Crippen molar-refractivity contribution in [2.24, 2.45) is 0 Å². The van der Waals surface area contributed by atoms with E-state index in [0.29, 0.717) is 18.7 Å². The molecule has 1 N–H and O–H groups in total. The van der Waals surface area contributed by atoms with Crippen molar-refractivity contribution in [1.82, 2.24) is 10.2 Å². The van der Waals surface area contributed by atoms with Gasteiger partial charge in [0.1, 0.15) is 5.75 Å². The predicted molar refractivity (Wildman–Crippen MR) is 76.9 cm³/mol. The summed E-state index contributed by atoms with van der Waals surface area (Å²) in [4.78, 5) is 13.8. The van der Waals surface area contributed by atoms with E-state index in [1.165, 1.54) is 6.07 Å². The third kappa shape index (κ3) is 4.56. The summed E-state index contributed by atoms with van der Waals surface area (Å²) in [7, 11) is 0. The summed E-state index contributed by atoms with van der Waals surface area (Å²) in [5.41, 5.74) is 0.505. The number of nitrogens with one attached hydrogen (secondary N) is 1. The maximum absolute atomic E-state index is 12.3. The molecular formula is C15H20F2N2O3. The van der Waals surface area contributed by atoms with E-state index in [2.05, 4.69) is 10.1 Å². The van der Waals surface area contributed by atoms with Gasteiger partial charge in [-0.3, -0.25) is 0 Å². The summed E-state index contributed by atoms with van der Waals surface area (Å²) in [6.07, 6.45) is -0.0482. The number of para-hydroxylation sites is 1. The molecule has 1 heterocycles. The standard InChI is InChI=1S/C15H20F2N2O3/c1-10-8-19(9-11(2)21-10)15(20)18-7-12-5-3-4-6-13(12)22-14(16)17/h3-6,10-11,14H,7-9H2,1-2H3,(H,18,20)/t10-,11-/m1/s1. The first kappa shape index (κ1) is 16.5. The highest BCUT2D eigenvalue weighted by molar-refractivity contribution is 5.74. The number of amides is 2. The van der Waals surface area contributed by atoms with Crippen LogP contribution >= 0.6 is 0 Å². The Balaban J connectivity index is 1.93. The van der Waals surface area contributed by atoms with Crippen molar-refractivity contribution >= 4 is 6.03 Å². The summed E-state index contributed by atoms with van der Waals surface area (Å²) >= 11 is 0. The first-order valence-corrected chi connectivity index (χ1v) is 7.16. The molecule has 2 amide bonds. The molecule has 0 unspecified atom stereocenters. The number of hydrogen-bond donors (Lipinski definition) is 1. The van der Waals surface area contributed by atoms with Crippen molar-refractivity contribution in [3.8, 4) is 5.75 Å². The zero-order valence-electron chi connectivity index (χ0n) is 12.6. The zero-order chi connectivity index (χ0) is 16.1. The second-order valence-electron chi connectivity index (χ2n) is 5.31. The molecule has 1 aromatic carbocycles. The number of alkyl halides is 2. The number of benzene rings is 1. The first-order chi connectivity index (χ1) is 10.5. The number of urea groups is 1. The van der Waals surface area contributed by atoms with Crippen LogP contribution in [-0.2, 0) is 11.3 Å². The highest BCUT2D eigenvalue weighted by Gasteiger charge is 2.25. The smallest absolute Gasteiger partial charge is 0.387 e. The van der Waals surface area contributed by atoms with Crippen LogP contribution < -0.4 is 10.1 Å². The zero-order valence-corrected chi connectivity index (χ0v) is 12.6. The van der Waals surface area contributed by atoms with Gasteiger partial charge in [-0.2, -0.15) is 8.78 Å². The lowest BCUT2D eigenvalue weighted by Crippen LogP contribution is -2.51. The van der Waals surface area contributed by atoms with Gasteiger partial charge in [0, 0.05) is 25.2 Å². The summed E-state index contributed by atoms with van der Waals surface area (Å²) < 4.78 is 34.7. The number of halogens is 2. The second kappa shape index (κ2) is 7.40. The van der Waals surface area contributed by atoms with Crippen molar-refractivity contribution in [3.63, 3.8) is 0 Å². The number of carbonyl (C=O) groups excluding carboxylic acids is 1. The van der Waals surface area contributed by atoms with Gasteiger partial charge in [0.2, 0.25) is 0 Å². The minimum absolute atomic E-state index is 0.0241. The second-order valence-corrected chi connectivity index (χ2v) is 5.31. The molecular weight excluding hydrogens is 294 g/mol. The Labute approximate surface area is 128 Å². The molecule has 1 aromatic rings. The van der Waals surface area contributed by atoms with Crippen molar-refractivity contribution in [2.75, 3.05) is 13.1 Å². The normalized spacial score (nSPS) is 21.8. The average molecular weight is 314 g/mol. The fraction of sp³-hybridized carbons (Fsp3) is 0.533. The average Bonchev–Trinajstić information content (AvgIpc) is 2.44. The third-order valence-electron chi connectivity index (χ3n) is 3.33. The molecule has 5 nitrogen and oxygen atoms in total. The van der Waals surface area contributed by atoms with Gasteiger partial charge >= 0.3 is 12.6 Å². The van der Waals surface area contributed by atoms with Crippen LogP contribution in [0.4, 0.5) is 13.6 Å². The molecule has 0 aromatic heterocycles. The maximum atomic E-state index is 12.3. The van der Waals surface area contributed by atoms with Crippen molar-refractivity contribution in [3.05, 3.63) is 29.8 Å². The van der Waals surface area contributed by atoms with Crippen molar-refractivity contribution in [1.29, 1.82) is 0 Å². The van der Waals surface area contributed by atoms with Gasteiger partial charge in [-0.25, -0.2) is 4.79 Å². The van der Waals surface area contributed by atoms with Crippen LogP contribution in [0.15, 0.2) is 24.3 Å². The molecule has 0 saturated carbocycles. The summed E-state index contributed by atoms with van der Waals surface area (Å²) in [6.45, 7) is 2.06. The summed E-state index contributed by atoms with van der Waals surface area (Å²) in [5, 5.41) is 2.73. The van der Waals surface area contributed by atoms with Crippen LogP contribution in [0.25, 0.3) is 0 Å². The lowest BCUT2D eigenvalue weighted by atomic mass is 10.2. The quantitative estimate of drug-likeness (QED) is 0.929. The molecule has 2 atom stereocenters. The van der Waals surface area contributed by atoms with E-state index in [0.717, 1.165) is 0 Å². The van der Waals surface area contributed by atoms with Gasteiger partial charge in [-0.05, 0) is 19.9 Å². The highest BCUT2D eigenvalue weighted by atomic mass is 19.3. The van der Waals surface area contributed by atoms with E-state index < -0.39 is 6.61 Å². The largest absolute Gasteiger partial charge is 0.434 e. The molecule has 0 radical (unpaired) electrons. The molecule has 1 aliphatic heterocycles. The van der Waals surface area contributed by atoms with Crippen LogP contribution in [0, 0.1) is 0 Å². The number of hydrogen-bond acceptors (Lipinski definition) is 3. The summed E-state index contributed by atoms with van der Waals surface area (Å²) in [6, 6.07) is 6.16. The van der Waals surface area contributed by atoms with E-state index in [-0.39, 0.29) is 30.5 Å². The number of nitrogens with zero attached hydrogens (tertiary/aromatic N) is 1. The summed E-state index contributed by atoms with van der Waals surface area (Å²) in [5.74, 6) is 0.0708. The molecule has 1 saturated heterocycles. The van der Waals surface area contributed by atoms with Crippen molar-refractivity contribution in [2.45, 2.75) is 39.2 Å². The van der Waals surface area contributed by atoms with E-state index >= 15 is 0 Å². The Morgan fingerprint density at radius 2 is 2.00 bits per heavy atom. The Hall–Kier alpha value is -1.89. The van der Waals surface area contributed by atoms with Gasteiger partial charge in [0.05, 0.1) is 12.2 Å². The Kier molecular flexibility index (Phi) is 5.54. The predicted octanol–water partition coefficient (Wildman–Crippen LogP) is 2.61. The number of morpholine rings is 1. The van der Waals surface area contributed by atoms with E-state index in [4.69, 9.17) is 4.74 Å². The molecule has 22 heavy (non-hydrogen) atoms. The monoisotopic (exact) mass is 314 g/mol. The number of rotatable bonds is 4. The first-order valence-electron chi connectivity index (χ1n) is 7.16. The van der Waals surface area contributed by atoms with E-state index in [1.54, 1.807) is 23.1 Å². The molecule has 122 valence electrons. The van der Waals surface area contributed by atoms with Crippen LogP contribution in [-0.4, -0.2) is 42.8 Å². The Bertz CT molecular complexity index is 503. The molecule has 0 bridgehead atoms. The topological polar surface area (TPSA) is 50.8 Å². The van der Waals surface area contributed by atoms with Crippen LogP contribution in [0.3, 0.4) is 0 Å². The SMILES string of the molecule is C[C@@H]1CN(C(=O)NCc2ccccc2OC(F)F)C[C@@H](C)O1. The van der Waals surface area contributed by atoms with Gasteiger partial charge in [-0.1, -0.05) is 18.2 Å². The molecule has 0 aliphatic carbocycles. The number of ether oxygens (including phenoxy) is 2. The van der Waals surface area contributed by atoms with E-state index in [9.17, 15) is 13.6 Å². The van der Waals surface area contributed by atoms with Gasteiger partial charge in [0.15, 0.2) is 0 Å². The van der Waals surface area contributed by atoms with Gasteiger partial charge < -0.3 is 19.7 Å². The fourth-order valence-corrected chi connectivity index (χ4v) is 2.49. The van der Waals surface area contributed by atoms with Crippen LogP contribution in [0.1, 0.15) is 19.4 Å². The molecule has 7 heteroatoms. The number of carbonyl (C=O) groups is 1. The van der Waals surface area contributed by atoms with Crippen LogP contribution in [0.2, 0.25) is 0 Å². The van der Waals surface area contributed by atoms with Crippen LogP contribution in [0.5, 0.6) is 5.75 Å². The Morgan fingerprint density at radius 1 is 1.36 bits per heavy atom. The minimum Gasteiger partial charge on any atom is -0.434 e. The molecule has 0 spiro atoms. The van der Waals surface area contributed by atoms with E-state index in [1.807, 2.05) is 13.8 Å². The molecule has 2 rings (SSSR count). The lowest BCUT2D eigenvalue weighted by molar-refractivity contribution is -0.0548. The molecule has 1 fully saturated rings. The third-order valence-corrected chi connectivity index (χ3v) is 3.33.